The van der Waals surface area contributed by atoms with Gasteiger partial charge in [-0.3, -0.25) is 4.72 Å². The van der Waals surface area contributed by atoms with Crippen molar-refractivity contribution in [2.24, 2.45) is 0 Å². The molecule has 1 aromatic heterocycles. The minimum absolute atomic E-state index is 0.146. The van der Waals surface area contributed by atoms with E-state index in [1.807, 2.05) is 13.0 Å². The molecule has 2 rings (SSSR count). The van der Waals surface area contributed by atoms with E-state index in [0.29, 0.717) is 18.3 Å². The minimum atomic E-state index is -3.27. The second kappa shape index (κ2) is 8.36. The van der Waals surface area contributed by atoms with Crippen LogP contribution in [0.2, 0.25) is 0 Å². The van der Waals surface area contributed by atoms with Crippen molar-refractivity contribution in [2.45, 2.75) is 64.3 Å². The Morgan fingerprint density at radius 2 is 1.91 bits per heavy atom. The van der Waals surface area contributed by atoms with Gasteiger partial charge in [-0.25, -0.2) is 13.4 Å². The van der Waals surface area contributed by atoms with Gasteiger partial charge in [0.2, 0.25) is 10.0 Å². The Hall–Kier alpha value is -1.30. The molecule has 0 unspecified atom stereocenters. The van der Waals surface area contributed by atoms with Crippen LogP contribution in [0.4, 0.5) is 11.5 Å². The van der Waals surface area contributed by atoms with E-state index in [2.05, 4.69) is 15.0 Å². The molecule has 0 aliphatic heterocycles. The summed E-state index contributed by atoms with van der Waals surface area (Å²) in [6.07, 6.45) is 10.8. The zero-order valence-corrected chi connectivity index (χ0v) is 14.2. The normalized spacial score (nSPS) is 17.0. The average molecular weight is 325 g/mol. The highest BCUT2D eigenvalue weighted by Crippen LogP contribution is 2.21. The molecule has 0 radical (unpaired) electrons. The van der Waals surface area contributed by atoms with Crippen LogP contribution in [0.3, 0.4) is 0 Å². The van der Waals surface area contributed by atoms with Crippen molar-refractivity contribution in [3.8, 4) is 0 Å². The first-order valence-corrected chi connectivity index (χ1v) is 9.97. The zero-order chi connectivity index (χ0) is 15.8. The summed E-state index contributed by atoms with van der Waals surface area (Å²) in [5.41, 5.74) is 0.961. The van der Waals surface area contributed by atoms with Crippen LogP contribution in [-0.4, -0.2) is 25.2 Å². The smallest absolute Gasteiger partial charge is 0.233 e. The van der Waals surface area contributed by atoms with Gasteiger partial charge in [0.15, 0.2) is 0 Å². The van der Waals surface area contributed by atoms with Crippen LogP contribution in [0.25, 0.3) is 0 Å². The summed E-state index contributed by atoms with van der Waals surface area (Å²) in [4.78, 5) is 4.21. The SMILES string of the molecule is CCCCS(=O)(=O)Nc1ccc(NC2CCCCCC2)cn1. The molecule has 0 atom stereocenters. The number of unbranched alkanes of at least 4 members (excludes halogenated alkanes) is 1. The monoisotopic (exact) mass is 325 g/mol. The molecule has 0 saturated heterocycles. The summed E-state index contributed by atoms with van der Waals surface area (Å²) in [5, 5.41) is 3.51. The van der Waals surface area contributed by atoms with E-state index in [1.54, 1.807) is 12.3 Å². The Bertz CT molecular complexity index is 535. The van der Waals surface area contributed by atoms with Crippen LogP contribution in [0.1, 0.15) is 58.3 Å². The lowest BCUT2D eigenvalue weighted by Crippen LogP contribution is -2.19. The largest absolute Gasteiger partial charge is 0.381 e. The third-order valence-electron chi connectivity index (χ3n) is 4.02. The predicted octanol–water partition coefficient (Wildman–Crippen LogP) is 3.76. The molecule has 1 aliphatic carbocycles. The number of sulfonamides is 1. The number of nitrogens with one attached hydrogen (secondary N) is 2. The van der Waals surface area contributed by atoms with Gasteiger partial charge in [0.05, 0.1) is 17.6 Å². The van der Waals surface area contributed by atoms with Gasteiger partial charge in [-0.05, 0) is 31.4 Å². The van der Waals surface area contributed by atoms with Crippen LogP contribution in [0, 0.1) is 0 Å². The summed E-state index contributed by atoms with van der Waals surface area (Å²) in [6.45, 7) is 1.97. The second-order valence-corrected chi connectivity index (χ2v) is 7.88. The molecular formula is C16H27N3O2S. The zero-order valence-electron chi connectivity index (χ0n) is 13.3. The first-order valence-electron chi connectivity index (χ1n) is 8.32. The van der Waals surface area contributed by atoms with Crippen LogP contribution in [0.15, 0.2) is 18.3 Å². The second-order valence-electron chi connectivity index (χ2n) is 6.04. The molecule has 1 saturated carbocycles. The number of anilines is 2. The molecule has 0 spiro atoms. The van der Waals surface area contributed by atoms with E-state index < -0.39 is 10.0 Å². The molecule has 0 amide bonds. The fraction of sp³-hybridized carbons (Fsp3) is 0.688. The summed E-state index contributed by atoms with van der Waals surface area (Å²) in [7, 11) is -3.27. The molecule has 5 nitrogen and oxygen atoms in total. The maximum atomic E-state index is 11.8. The van der Waals surface area contributed by atoms with Crippen LogP contribution < -0.4 is 10.0 Å². The molecule has 1 heterocycles. The lowest BCUT2D eigenvalue weighted by atomic mass is 10.1. The first-order chi connectivity index (χ1) is 10.6. The maximum absolute atomic E-state index is 11.8. The topological polar surface area (TPSA) is 71.1 Å². The van der Waals surface area contributed by atoms with Crippen molar-refractivity contribution in [2.75, 3.05) is 15.8 Å². The Kier molecular flexibility index (Phi) is 6.49. The van der Waals surface area contributed by atoms with Crippen molar-refractivity contribution >= 4 is 21.5 Å². The Balaban J connectivity index is 1.89. The van der Waals surface area contributed by atoms with E-state index in [-0.39, 0.29) is 5.75 Å². The molecule has 1 fully saturated rings. The molecule has 0 bridgehead atoms. The molecule has 2 N–H and O–H groups in total. The molecule has 22 heavy (non-hydrogen) atoms. The Labute approximate surface area is 134 Å². The minimum Gasteiger partial charge on any atom is -0.381 e. The van der Waals surface area contributed by atoms with Crippen LogP contribution >= 0.6 is 0 Å². The van der Waals surface area contributed by atoms with E-state index in [9.17, 15) is 8.42 Å². The standard InChI is InChI=1S/C16H27N3O2S/c1-2-3-12-22(20,21)19-16-11-10-15(13-17-16)18-14-8-6-4-5-7-9-14/h10-11,13-14,18H,2-9,12H2,1H3,(H,17,19). The molecule has 1 aliphatic rings. The number of hydrogen-bond acceptors (Lipinski definition) is 4. The van der Waals surface area contributed by atoms with E-state index in [0.717, 1.165) is 12.1 Å². The van der Waals surface area contributed by atoms with Crippen molar-refractivity contribution in [1.82, 2.24) is 4.98 Å². The van der Waals surface area contributed by atoms with Crippen LogP contribution in [-0.2, 0) is 10.0 Å². The van der Waals surface area contributed by atoms with E-state index >= 15 is 0 Å². The van der Waals surface area contributed by atoms with E-state index in [1.165, 1.54) is 38.5 Å². The molecule has 0 aromatic carbocycles. The highest BCUT2D eigenvalue weighted by atomic mass is 32.2. The van der Waals surface area contributed by atoms with E-state index in [4.69, 9.17) is 0 Å². The summed E-state index contributed by atoms with van der Waals surface area (Å²) >= 11 is 0. The summed E-state index contributed by atoms with van der Waals surface area (Å²) < 4.78 is 26.2. The van der Waals surface area contributed by atoms with Crippen molar-refractivity contribution in [1.29, 1.82) is 0 Å². The van der Waals surface area contributed by atoms with Gasteiger partial charge in [0, 0.05) is 6.04 Å². The van der Waals surface area contributed by atoms with Crippen molar-refractivity contribution in [3.63, 3.8) is 0 Å². The number of rotatable bonds is 7. The molecule has 124 valence electrons. The summed E-state index contributed by atoms with van der Waals surface area (Å²) in [5.74, 6) is 0.537. The predicted molar refractivity (Wildman–Crippen MR) is 91.7 cm³/mol. The fourth-order valence-electron chi connectivity index (χ4n) is 2.74. The summed E-state index contributed by atoms with van der Waals surface area (Å²) in [6, 6.07) is 4.13. The highest BCUT2D eigenvalue weighted by Gasteiger charge is 2.13. The lowest BCUT2D eigenvalue weighted by molar-refractivity contribution is 0.597. The van der Waals surface area contributed by atoms with Crippen molar-refractivity contribution < 1.29 is 8.42 Å². The average Bonchev–Trinajstić information content (AvgIpc) is 2.76. The third kappa shape index (κ3) is 5.83. The lowest BCUT2D eigenvalue weighted by Gasteiger charge is -2.17. The van der Waals surface area contributed by atoms with Gasteiger partial charge in [-0.2, -0.15) is 0 Å². The highest BCUT2D eigenvalue weighted by molar-refractivity contribution is 7.92. The van der Waals surface area contributed by atoms with Gasteiger partial charge >= 0.3 is 0 Å². The third-order valence-corrected chi connectivity index (χ3v) is 5.36. The number of nitrogens with zero attached hydrogens (tertiary/aromatic N) is 1. The quantitative estimate of drug-likeness (QED) is 0.749. The molecule has 1 aromatic rings. The van der Waals surface area contributed by atoms with Crippen LogP contribution in [0.5, 0.6) is 0 Å². The van der Waals surface area contributed by atoms with Crippen molar-refractivity contribution in [3.05, 3.63) is 18.3 Å². The number of pyridine rings is 1. The maximum Gasteiger partial charge on any atom is 0.233 e. The Morgan fingerprint density at radius 3 is 2.50 bits per heavy atom. The van der Waals surface area contributed by atoms with Gasteiger partial charge in [-0.15, -0.1) is 0 Å². The number of aromatic nitrogens is 1. The number of hydrogen-bond donors (Lipinski definition) is 2. The van der Waals surface area contributed by atoms with Gasteiger partial charge in [0.1, 0.15) is 5.82 Å². The van der Waals surface area contributed by atoms with Gasteiger partial charge in [0.25, 0.3) is 0 Å². The fourth-order valence-corrected chi connectivity index (χ4v) is 3.95. The van der Waals surface area contributed by atoms with Gasteiger partial charge < -0.3 is 5.32 Å². The molecular weight excluding hydrogens is 298 g/mol. The Morgan fingerprint density at radius 1 is 1.18 bits per heavy atom. The first kappa shape index (κ1) is 17.1. The molecule has 6 heteroatoms. The van der Waals surface area contributed by atoms with Gasteiger partial charge in [-0.1, -0.05) is 39.0 Å².